The average Bonchev–Trinajstić information content (AvgIpc) is 4.12. The topological polar surface area (TPSA) is 341 Å². The molecule has 0 atom stereocenters. The Kier molecular flexibility index (Phi) is 14.3. The zero-order valence-corrected chi connectivity index (χ0v) is 44.1. The number of hydrogen-bond acceptors (Lipinski definition) is 16. The van der Waals surface area contributed by atoms with Crippen LogP contribution >= 0.6 is 75.7 Å². The smallest absolute Gasteiger partial charge is 0.356 e. The zero-order valence-electron chi connectivity index (χ0n) is 37.3. The molecule has 0 saturated heterocycles. The van der Waals surface area contributed by atoms with Gasteiger partial charge in [0.2, 0.25) is 0 Å². The summed E-state index contributed by atoms with van der Waals surface area (Å²) >= 11 is 5.32. The molecule has 20 nitrogen and oxygen atoms in total. The summed E-state index contributed by atoms with van der Waals surface area (Å²) in [6.07, 6.45) is -2.09. The highest BCUT2D eigenvalue weighted by Crippen LogP contribution is 2.46. The molecule has 1 aliphatic rings. The van der Waals surface area contributed by atoms with Gasteiger partial charge in [0, 0.05) is 58.6 Å². The van der Waals surface area contributed by atoms with Gasteiger partial charge in [-0.25, -0.2) is 19.9 Å². The Morgan fingerprint density at radius 3 is 0.917 bits per heavy atom. The van der Waals surface area contributed by atoms with Gasteiger partial charge in [0.25, 0.3) is 0 Å². The van der Waals surface area contributed by atoms with Crippen LogP contribution in [-0.2, 0) is 57.2 Å². The lowest BCUT2D eigenvalue weighted by molar-refractivity contribution is 0.296. The number of rotatable bonds is 12. The van der Waals surface area contributed by atoms with Crippen molar-refractivity contribution in [3.8, 4) is 43.0 Å². The van der Waals surface area contributed by atoms with E-state index in [9.17, 15) is 67.6 Å². The minimum atomic E-state index is -5.17. The standard InChI is InChI=1S/C44H40N4O16P4S4/c1-21-17-69-41(45-21)43-47-31(19-71-43)15-63-39-27-3-23-7-33(65(51,52)53)9-25(37(23)49)5-29-13-36(68(60,61)62)14-30(40(29)64-16-32-20-72-44(48-32)42-46-22(2)18-70-42)6-26-10-34(66(54,55)56)8-24(38(26)50)4-28(39)12-35(11-27)67(57,58)59/h7-14,17-20,49-50H,3-6,15-16H2,1-2H3,(H2,51,52,53)(H2,54,55,56)(H2,57,58,59)(H2,60,61,62). The third-order valence-electron chi connectivity index (χ3n) is 11.3. The number of thiazole rings is 4. The number of benzene rings is 4. The van der Waals surface area contributed by atoms with Gasteiger partial charge in [-0.15, -0.1) is 45.3 Å². The second kappa shape index (κ2) is 19.8. The van der Waals surface area contributed by atoms with Crippen LogP contribution in [0.25, 0.3) is 20.0 Å². The normalized spacial score (nSPS) is 13.4. The van der Waals surface area contributed by atoms with Crippen molar-refractivity contribution in [1.82, 2.24) is 19.9 Å². The third kappa shape index (κ3) is 11.4. The Morgan fingerprint density at radius 1 is 0.417 bits per heavy atom. The Bertz CT molecular complexity index is 3310. The maximum atomic E-state index is 13.1. The Hall–Kier alpha value is -4.80. The van der Waals surface area contributed by atoms with E-state index in [1.807, 2.05) is 24.6 Å². The number of aromatic nitrogens is 4. The van der Waals surface area contributed by atoms with Crippen molar-refractivity contribution >= 4 is 96.9 Å². The molecule has 0 unspecified atom stereocenters. The Morgan fingerprint density at radius 2 is 0.667 bits per heavy atom. The molecule has 376 valence electrons. The summed E-state index contributed by atoms with van der Waals surface area (Å²) in [4.78, 5) is 103. The van der Waals surface area contributed by atoms with Crippen molar-refractivity contribution in [2.75, 3.05) is 0 Å². The summed E-state index contributed by atoms with van der Waals surface area (Å²) in [5.41, 5.74) is 1.51. The first-order chi connectivity index (χ1) is 33.8. The van der Waals surface area contributed by atoms with Crippen molar-refractivity contribution in [3.05, 3.63) is 137 Å². The fraction of sp³-hybridized carbons (Fsp3) is 0.182. The fourth-order valence-corrected chi connectivity index (χ4v) is 13.9. The molecule has 9 rings (SSSR count). The van der Waals surface area contributed by atoms with Gasteiger partial charge >= 0.3 is 30.4 Å². The molecule has 10 N–H and O–H groups in total. The fourth-order valence-electron chi connectivity index (χ4n) is 8.02. The van der Waals surface area contributed by atoms with Crippen LogP contribution in [0.1, 0.15) is 67.3 Å². The van der Waals surface area contributed by atoms with Crippen molar-refractivity contribution in [3.63, 3.8) is 0 Å². The second-order valence-electron chi connectivity index (χ2n) is 16.7. The SMILES string of the molecule is Cc1csc(-c2nc(COc3c4cc(P(=O)(O)O)cc3Cc3cc(P(=O)(O)O)cc(c3O)Cc3cc(P(=O)(O)O)cc(c3OCc3csc(-c5nc(C)cs5)n3)Cc3cc(P(=O)(O)O)cc(c3O)C4)cs2)n1. The van der Waals surface area contributed by atoms with Crippen molar-refractivity contribution in [2.45, 2.75) is 52.7 Å². The molecular formula is C44H40N4O16P4S4. The molecule has 1 aliphatic carbocycles. The molecule has 0 radical (unpaired) electrons. The molecule has 8 aromatic rings. The van der Waals surface area contributed by atoms with Gasteiger partial charge in [-0.05, 0) is 107 Å². The van der Waals surface area contributed by atoms with Crippen molar-refractivity contribution in [2.24, 2.45) is 0 Å². The Labute approximate surface area is 424 Å². The first kappa shape index (κ1) is 52.1. The number of hydrogen-bond donors (Lipinski definition) is 10. The van der Waals surface area contributed by atoms with Gasteiger partial charge in [0.05, 0.1) is 32.6 Å². The van der Waals surface area contributed by atoms with Gasteiger partial charge in [-0.3, -0.25) is 18.3 Å². The molecule has 0 fully saturated rings. The van der Waals surface area contributed by atoms with Gasteiger partial charge in [-0.1, -0.05) is 0 Å². The lowest BCUT2D eigenvalue weighted by atomic mass is 9.91. The number of fused-ring (bicyclic) bond motifs is 8. The third-order valence-corrected chi connectivity index (χ3v) is 19.0. The molecule has 0 amide bonds. The molecular weight excluding hydrogens is 1090 g/mol. The summed E-state index contributed by atoms with van der Waals surface area (Å²) in [7, 11) is -20.7. The molecule has 72 heavy (non-hydrogen) atoms. The summed E-state index contributed by atoms with van der Waals surface area (Å²) in [5, 5.41) is 31.6. The first-order valence-electron chi connectivity index (χ1n) is 21.0. The maximum absolute atomic E-state index is 13.1. The number of phenolic OH excluding ortho intramolecular Hbond substituents is 2. The van der Waals surface area contributed by atoms with E-state index in [0.29, 0.717) is 31.4 Å². The van der Waals surface area contributed by atoms with Crippen LogP contribution in [0, 0.1) is 13.8 Å². The molecule has 0 aliphatic heterocycles. The highest BCUT2D eigenvalue weighted by molar-refractivity contribution is 7.61. The van der Waals surface area contributed by atoms with E-state index in [4.69, 9.17) is 9.47 Å². The zero-order chi connectivity index (χ0) is 51.7. The number of aromatic hydroxyl groups is 2. The van der Waals surface area contributed by atoms with Crippen LogP contribution < -0.4 is 30.7 Å². The quantitative estimate of drug-likeness (QED) is 0.0634. The Balaban J connectivity index is 1.27. The monoisotopic (exact) mass is 1130 g/mol. The first-order valence-corrected chi connectivity index (χ1v) is 31.0. The van der Waals surface area contributed by atoms with Crippen molar-refractivity contribution < 1.29 is 77.1 Å². The van der Waals surface area contributed by atoms with E-state index < -0.39 is 88.8 Å². The molecule has 28 heteroatoms. The number of nitrogens with zero attached hydrogens (tertiary/aromatic N) is 4. The minimum Gasteiger partial charge on any atom is -0.507 e. The van der Waals surface area contributed by atoms with Crippen LogP contribution in [0.4, 0.5) is 0 Å². The molecule has 4 aromatic carbocycles. The van der Waals surface area contributed by atoms with E-state index in [1.54, 1.807) is 10.8 Å². The lowest BCUT2D eigenvalue weighted by Crippen LogP contribution is -2.16. The number of ether oxygens (including phenoxy) is 2. The molecule has 8 bridgehead atoms. The summed E-state index contributed by atoms with van der Waals surface area (Å²) in [6.45, 7) is 3.14. The summed E-state index contributed by atoms with van der Waals surface area (Å²) < 4.78 is 65.3. The highest BCUT2D eigenvalue weighted by atomic mass is 32.1. The predicted molar refractivity (Wildman–Crippen MR) is 272 cm³/mol. The molecule has 0 saturated carbocycles. The van der Waals surface area contributed by atoms with E-state index in [2.05, 4.69) is 19.9 Å². The van der Waals surface area contributed by atoms with E-state index in [1.165, 1.54) is 45.3 Å². The second-order valence-corrected chi connectivity index (χ2v) is 26.6. The van der Waals surface area contributed by atoms with Gasteiger partial charge in [0.15, 0.2) is 20.0 Å². The maximum Gasteiger partial charge on any atom is 0.356 e. The molecule has 0 spiro atoms. The van der Waals surface area contributed by atoms with Crippen LogP contribution in [0.2, 0.25) is 0 Å². The molecule has 4 heterocycles. The highest BCUT2D eigenvalue weighted by Gasteiger charge is 2.31. The summed E-state index contributed by atoms with van der Waals surface area (Å²) in [5.74, 6) is -1.26. The van der Waals surface area contributed by atoms with Gasteiger partial charge in [-0.2, -0.15) is 0 Å². The summed E-state index contributed by atoms with van der Waals surface area (Å²) in [6, 6.07) is 8.42. The van der Waals surface area contributed by atoms with Crippen LogP contribution in [0.3, 0.4) is 0 Å². The lowest BCUT2D eigenvalue weighted by Gasteiger charge is -2.23. The molecule has 4 aromatic heterocycles. The number of aryl methyl sites for hydroxylation is 2. The van der Waals surface area contributed by atoms with Crippen molar-refractivity contribution in [1.29, 1.82) is 0 Å². The largest absolute Gasteiger partial charge is 0.507 e. The van der Waals surface area contributed by atoms with E-state index in [-0.39, 0.29) is 69.2 Å². The van der Waals surface area contributed by atoms with E-state index >= 15 is 0 Å². The number of phenols is 2. The van der Waals surface area contributed by atoms with E-state index in [0.717, 1.165) is 59.9 Å². The average molecular weight is 1130 g/mol. The van der Waals surface area contributed by atoms with Crippen LogP contribution in [0.15, 0.2) is 70.1 Å². The van der Waals surface area contributed by atoms with Crippen LogP contribution in [-0.4, -0.2) is 69.3 Å². The van der Waals surface area contributed by atoms with Gasteiger partial charge in [0.1, 0.15) is 36.2 Å². The van der Waals surface area contributed by atoms with Gasteiger partial charge < -0.3 is 58.8 Å². The minimum absolute atomic E-state index is 0.0377. The predicted octanol–water partition coefficient (Wildman–Crippen LogP) is 5.92. The van der Waals surface area contributed by atoms with Crippen LogP contribution in [0.5, 0.6) is 23.0 Å².